The van der Waals surface area contributed by atoms with Gasteiger partial charge in [-0.1, -0.05) is 23.7 Å². The molecule has 1 aliphatic rings. The number of aromatic hydroxyl groups is 1. The summed E-state index contributed by atoms with van der Waals surface area (Å²) in [7, 11) is 0. The van der Waals surface area contributed by atoms with Crippen molar-refractivity contribution in [2.45, 2.75) is 13.1 Å². The highest BCUT2D eigenvalue weighted by atomic mass is 35.5. The number of fused-ring (bicyclic) bond motifs is 2. The van der Waals surface area contributed by atoms with Gasteiger partial charge in [0.05, 0.1) is 10.5 Å². The Morgan fingerprint density at radius 2 is 1.87 bits per heavy atom. The molecule has 0 unspecified atom stereocenters. The molecular weight excluding hydrogens is 403 g/mol. The van der Waals surface area contributed by atoms with Gasteiger partial charge in [-0.2, -0.15) is 0 Å². The zero-order valence-corrected chi connectivity index (χ0v) is 16.9. The Labute approximate surface area is 178 Å². The van der Waals surface area contributed by atoms with E-state index < -0.39 is 0 Å². The predicted molar refractivity (Wildman–Crippen MR) is 116 cm³/mol. The van der Waals surface area contributed by atoms with Crippen LogP contribution in [0.25, 0.3) is 16.6 Å². The Kier molecular flexibility index (Phi) is 4.85. The highest BCUT2D eigenvalue weighted by Gasteiger charge is 2.20. The molecule has 1 N–H and O–H groups in total. The highest BCUT2D eigenvalue weighted by Crippen LogP contribution is 2.35. The maximum absolute atomic E-state index is 13.6. The van der Waals surface area contributed by atoms with Crippen molar-refractivity contribution < 1.29 is 14.2 Å². The average molecular weight is 423 g/mol. The molecule has 1 aromatic heterocycles. The molecule has 2 heterocycles. The van der Waals surface area contributed by atoms with Crippen molar-refractivity contribution in [3.8, 4) is 17.2 Å². The smallest absolute Gasteiger partial charge is 0.142 e. The molecule has 0 aliphatic carbocycles. The first kappa shape index (κ1) is 19.0. The van der Waals surface area contributed by atoms with Gasteiger partial charge in [-0.15, -0.1) is 0 Å². The number of phenolic OH excluding ortho intramolecular Hbond substituents is 1. The first-order valence-corrected chi connectivity index (χ1v) is 10.2. The zero-order valence-electron chi connectivity index (χ0n) is 16.2. The lowest BCUT2D eigenvalue weighted by atomic mass is 10.1. The second-order valence-corrected chi connectivity index (χ2v) is 7.94. The fraction of sp³-hybridized carbons (Fsp3) is 0.167. The topological polar surface area (TPSA) is 37.6 Å². The van der Waals surface area contributed by atoms with E-state index in [-0.39, 0.29) is 11.6 Å². The van der Waals surface area contributed by atoms with Gasteiger partial charge in [0.2, 0.25) is 0 Å². The number of halogens is 2. The van der Waals surface area contributed by atoms with E-state index in [1.807, 2.05) is 35.0 Å². The molecule has 1 aliphatic heterocycles. The molecule has 0 amide bonds. The van der Waals surface area contributed by atoms with Crippen LogP contribution in [0.5, 0.6) is 11.5 Å². The lowest BCUT2D eigenvalue weighted by molar-refractivity contribution is 0.219. The normalized spacial score (nSPS) is 14.3. The summed E-state index contributed by atoms with van der Waals surface area (Å²) in [5.41, 5.74) is 3.97. The van der Waals surface area contributed by atoms with Crippen LogP contribution in [0.2, 0.25) is 5.02 Å². The fourth-order valence-electron chi connectivity index (χ4n) is 3.98. The minimum atomic E-state index is -0.251. The number of hydrogen-bond acceptors (Lipinski definition) is 3. The first-order valence-electron chi connectivity index (χ1n) is 9.79. The van der Waals surface area contributed by atoms with Gasteiger partial charge in [-0.25, -0.2) is 4.39 Å². The second-order valence-electron chi connectivity index (χ2n) is 7.53. The quantitative estimate of drug-likeness (QED) is 0.472. The van der Waals surface area contributed by atoms with Crippen LogP contribution in [0.15, 0.2) is 66.9 Å². The molecule has 0 radical (unpaired) electrons. The highest BCUT2D eigenvalue weighted by molar-refractivity contribution is 6.32. The Bertz CT molecular complexity index is 1220. The average Bonchev–Trinajstić information content (AvgIpc) is 3.02. The largest absolute Gasteiger partial charge is 0.508 e. The molecule has 0 atom stereocenters. The first-order chi connectivity index (χ1) is 14.6. The minimum Gasteiger partial charge on any atom is -0.508 e. The molecule has 4 aromatic rings. The summed E-state index contributed by atoms with van der Waals surface area (Å²) in [5, 5.41) is 10.9. The van der Waals surface area contributed by atoms with E-state index >= 15 is 0 Å². The summed E-state index contributed by atoms with van der Waals surface area (Å²) in [6.07, 6.45) is 1.92. The molecule has 6 heteroatoms. The molecule has 0 bridgehead atoms. The maximum Gasteiger partial charge on any atom is 0.142 e. The summed E-state index contributed by atoms with van der Waals surface area (Å²) >= 11 is 6.59. The molecule has 4 nitrogen and oxygen atoms in total. The van der Waals surface area contributed by atoms with Crippen molar-refractivity contribution in [1.29, 1.82) is 0 Å². The van der Waals surface area contributed by atoms with Gasteiger partial charge in [0.1, 0.15) is 23.9 Å². The second kappa shape index (κ2) is 7.67. The molecule has 5 rings (SSSR count). The number of phenols is 1. The van der Waals surface area contributed by atoms with E-state index in [0.29, 0.717) is 18.2 Å². The van der Waals surface area contributed by atoms with Gasteiger partial charge in [-0.3, -0.25) is 4.90 Å². The third-order valence-corrected chi connectivity index (χ3v) is 5.71. The van der Waals surface area contributed by atoms with Crippen LogP contribution in [0.1, 0.15) is 11.1 Å². The van der Waals surface area contributed by atoms with Crippen molar-refractivity contribution in [3.63, 3.8) is 0 Å². The van der Waals surface area contributed by atoms with Gasteiger partial charge in [-0.05, 0) is 54.1 Å². The number of ether oxygens (including phenoxy) is 1. The number of hydrogen-bond donors (Lipinski definition) is 1. The van der Waals surface area contributed by atoms with Gasteiger partial charge < -0.3 is 14.4 Å². The van der Waals surface area contributed by atoms with Crippen LogP contribution in [-0.4, -0.2) is 27.7 Å². The lowest BCUT2D eigenvalue weighted by Gasteiger charge is -2.20. The van der Waals surface area contributed by atoms with E-state index in [1.165, 1.54) is 12.1 Å². The summed E-state index contributed by atoms with van der Waals surface area (Å²) < 4.78 is 21.5. The van der Waals surface area contributed by atoms with E-state index in [1.54, 1.807) is 18.2 Å². The summed E-state index contributed by atoms with van der Waals surface area (Å²) in [4.78, 5) is 2.29. The summed E-state index contributed by atoms with van der Waals surface area (Å²) in [5.74, 6) is 0.730. The molecule has 0 spiro atoms. The molecular formula is C24H20ClFN2O2. The monoisotopic (exact) mass is 422 g/mol. The van der Waals surface area contributed by atoms with Gasteiger partial charge in [0, 0.05) is 42.5 Å². The number of aromatic nitrogens is 1. The molecule has 30 heavy (non-hydrogen) atoms. The zero-order chi connectivity index (χ0) is 20.7. The lowest BCUT2D eigenvalue weighted by Crippen LogP contribution is -2.25. The van der Waals surface area contributed by atoms with E-state index in [9.17, 15) is 9.50 Å². The Balaban J connectivity index is 1.49. The van der Waals surface area contributed by atoms with Gasteiger partial charge in [0.25, 0.3) is 0 Å². The standard InChI is InChI=1S/C24H20ClFN2O2/c25-22-13-20(28-8-7-17-11-19(26)3-6-23(17)28)12-18-15-27(9-10-30-24(18)22)14-16-1-4-21(29)5-2-16/h1-8,11-13,29H,9-10,14-15H2. The third-order valence-electron chi connectivity index (χ3n) is 5.43. The summed E-state index contributed by atoms with van der Waals surface area (Å²) in [6.45, 7) is 2.76. The van der Waals surface area contributed by atoms with Crippen LogP contribution in [0.4, 0.5) is 4.39 Å². The van der Waals surface area contributed by atoms with Crippen LogP contribution in [-0.2, 0) is 13.1 Å². The van der Waals surface area contributed by atoms with Crippen molar-refractivity contribution in [2.75, 3.05) is 13.2 Å². The molecule has 0 saturated heterocycles. The number of benzene rings is 3. The van der Waals surface area contributed by atoms with E-state index in [2.05, 4.69) is 11.0 Å². The van der Waals surface area contributed by atoms with E-state index in [4.69, 9.17) is 16.3 Å². The Hall–Kier alpha value is -3.02. The molecule has 0 fully saturated rings. The third kappa shape index (κ3) is 3.62. The van der Waals surface area contributed by atoms with Crippen molar-refractivity contribution in [2.24, 2.45) is 0 Å². The number of rotatable bonds is 3. The van der Waals surface area contributed by atoms with E-state index in [0.717, 1.165) is 46.6 Å². The van der Waals surface area contributed by atoms with Crippen LogP contribution in [0.3, 0.4) is 0 Å². The summed E-state index contributed by atoms with van der Waals surface area (Å²) in [6, 6.07) is 17.9. The van der Waals surface area contributed by atoms with Crippen molar-refractivity contribution >= 4 is 22.5 Å². The number of nitrogens with zero attached hydrogens (tertiary/aromatic N) is 2. The maximum atomic E-state index is 13.6. The SMILES string of the molecule is Oc1ccc(CN2CCOc3c(Cl)cc(-n4ccc5cc(F)ccc54)cc3C2)cc1. The van der Waals surface area contributed by atoms with Gasteiger partial charge >= 0.3 is 0 Å². The van der Waals surface area contributed by atoms with Crippen LogP contribution < -0.4 is 4.74 Å². The van der Waals surface area contributed by atoms with Crippen LogP contribution in [0, 0.1) is 5.82 Å². The van der Waals surface area contributed by atoms with Crippen molar-refractivity contribution in [1.82, 2.24) is 9.47 Å². The molecule has 3 aromatic carbocycles. The van der Waals surface area contributed by atoms with Gasteiger partial charge in [0.15, 0.2) is 0 Å². The van der Waals surface area contributed by atoms with Crippen LogP contribution >= 0.6 is 11.6 Å². The fourth-order valence-corrected chi connectivity index (χ4v) is 4.27. The molecule has 0 saturated carbocycles. The Morgan fingerprint density at radius 3 is 2.70 bits per heavy atom. The Morgan fingerprint density at radius 1 is 1.03 bits per heavy atom. The molecule has 152 valence electrons. The predicted octanol–water partition coefficient (Wildman–Crippen LogP) is 5.52. The van der Waals surface area contributed by atoms with Crippen molar-refractivity contribution in [3.05, 3.63) is 88.8 Å². The minimum absolute atomic E-state index is 0.251.